The first-order chi connectivity index (χ1) is 7.58. The molecule has 1 atom stereocenters. The number of hydrogen-bond acceptors (Lipinski definition) is 4. The second kappa shape index (κ2) is 5.33. The summed E-state index contributed by atoms with van der Waals surface area (Å²) >= 11 is 5.83. The highest BCUT2D eigenvalue weighted by Gasteiger charge is 2.12. The summed E-state index contributed by atoms with van der Waals surface area (Å²) in [5.41, 5.74) is -0.149. The summed E-state index contributed by atoms with van der Waals surface area (Å²) in [6.07, 6.45) is 7.12. The molecule has 6 heteroatoms. The van der Waals surface area contributed by atoms with Gasteiger partial charge in [-0.05, 0) is 6.42 Å². The van der Waals surface area contributed by atoms with E-state index >= 15 is 0 Å². The monoisotopic (exact) mass is 239 g/mol. The summed E-state index contributed by atoms with van der Waals surface area (Å²) in [6, 6.07) is 1.05. The smallest absolute Gasteiger partial charge is 0.289 e. The first-order valence-corrected chi connectivity index (χ1v) is 4.98. The van der Waals surface area contributed by atoms with Gasteiger partial charge < -0.3 is 5.32 Å². The van der Waals surface area contributed by atoms with E-state index in [9.17, 15) is 10.1 Å². The van der Waals surface area contributed by atoms with E-state index in [-0.39, 0.29) is 16.8 Å². The Bertz CT molecular complexity index is 442. The van der Waals surface area contributed by atoms with Gasteiger partial charge in [-0.25, -0.2) is 4.98 Å². The van der Waals surface area contributed by atoms with Crippen LogP contribution in [0.2, 0.25) is 5.02 Å². The minimum atomic E-state index is -0.554. The van der Waals surface area contributed by atoms with Crippen molar-refractivity contribution in [1.82, 2.24) is 4.98 Å². The lowest BCUT2D eigenvalue weighted by Crippen LogP contribution is -2.16. The number of pyridine rings is 1. The minimum absolute atomic E-state index is 0.149. The Hall–Kier alpha value is -1.80. The Labute approximate surface area is 98.0 Å². The molecule has 1 N–H and O–H groups in total. The number of hydrogen-bond donors (Lipinski definition) is 1. The molecule has 0 spiro atoms. The molecule has 0 bridgehead atoms. The highest BCUT2D eigenvalue weighted by molar-refractivity contribution is 6.33. The van der Waals surface area contributed by atoms with E-state index in [2.05, 4.69) is 16.2 Å². The van der Waals surface area contributed by atoms with E-state index in [1.807, 2.05) is 6.92 Å². The highest BCUT2D eigenvalue weighted by Crippen LogP contribution is 2.24. The molecule has 1 heterocycles. The number of halogens is 1. The maximum absolute atomic E-state index is 10.5. The number of rotatable bonds is 4. The van der Waals surface area contributed by atoms with Crippen molar-refractivity contribution >= 4 is 23.1 Å². The van der Waals surface area contributed by atoms with Gasteiger partial charge in [-0.1, -0.05) is 24.4 Å². The van der Waals surface area contributed by atoms with Crippen LogP contribution in [0.15, 0.2) is 12.3 Å². The van der Waals surface area contributed by atoms with Gasteiger partial charge in [0.15, 0.2) is 0 Å². The zero-order chi connectivity index (χ0) is 12.1. The van der Waals surface area contributed by atoms with Crippen molar-refractivity contribution in [2.45, 2.75) is 19.4 Å². The molecule has 1 rings (SSSR count). The zero-order valence-corrected chi connectivity index (χ0v) is 9.36. The van der Waals surface area contributed by atoms with Crippen LogP contribution in [0.25, 0.3) is 0 Å². The molecule has 1 unspecified atom stereocenters. The third-order valence-electron chi connectivity index (χ3n) is 1.96. The molecule has 84 valence electrons. The molecule has 0 fully saturated rings. The average molecular weight is 240 g/mol. The predicted molar refractivity (Wildman–Crippen MR) is 62.4 cm³/mol. The predicted octanol–water partition coefficient (Wildman–Crippen LogP) is 2.47. The Balaban J connectivity index is 2.92. The van der Waals surface area contributed by atoms with E-state index in [1.165, 1.54) is 6.07 Å². The average Bonchev–Trinajstić information content (AvgIpc) is 2.27. The number of terminal acetylenes is 1. The van der Waals surface area contributed by atoms with Gasteiger partial charge >= 0.3 is 0 Å². The molecule has 0 aliphatic rings. The SMILES string of the molecule is C#CC(CC)Nc1ncc([N+](=O)[O-])cc1Cl. The van der Waals surface area contributed by atoms with E-state index in [4.69, 9.17) is 18.0 Å². The van der Waals surface area contributed by atoms with Gasteiger partial charge in [0.25, 0.3) is 5.69 Å². The largest absolute Gasteiger partial charge is 0.355 e. The first-order valence-electron chi connectivity index (χ1n) is 4.61. The molecule has 0 aromatic carbocycles. The van der Waals surface area contributed by atoms with Crippen LogP contribution in [0.4, 0.5) is 11.5 Å². The normalized spacial score (nSPS) is 11.6. The Morgan fingerprint density at radius 2 is 2.50 bits per heavy atom. The van der Waals surface area contributed by atoms with Crippen LogP contribution in [0, 0.1) is 22.5 Å². The van der Waals surface area contributed by atoms with Crippen molar-refractivity contribution < 1.29 is 4.92 Å². The van der Waals surface area contributed by atoms with Gasteiger partial charge in [-0.15, -0.1) is 6.42 Å². The van der Waals surface area contributed by atoms with Gasteiger partial charge in [0, 0.05) is 6.07 Å². The fraction of sp³-hybridized carbons (Fsp3) is 0.300. The van der Waals surface area contributed by atoms with Gasteiger partial charge in [0.2, 0.25) is 0 Å². The van der Waals surface area contributed by atoms with Crippen LogP contribution >= 0.6 is 11.6 Å². The van der Waals surface area contributed by atoms with Crippen molar-refractivity contribution in [2.75, 3.05) is 5.32 Å². The van der Waals surface area contributed by atoms with Gasteiger partial charge in [-0.2, -0.15) is 0 Å². The highest BCUT2D eigenvalue weighted by atomic mass is 35.5. The molecule has 0 radical (unpaired) electrons. The molecule has 1 aromatic heterocycles. The van der Waals surface area contributed by atoms with Crippen molar-refractivity contribution in [3.05, 3.63) is 27.4 Å². The maximum atomic E-state index is 10.5. The molecule has 5 nitrogen and oxygen atoms in total. The minimum Gasteiger partial charge on any atom is -0.355 e. The number of nitrogens with one attached hydrogen (secondary N) is 1. The van der Waals surface area contributed by atoms with Crippen LogP contribution in [0.3, 0.4) is 0 Å². The van der Waals surface area contributed by atoms with Crippen LogP contribution in [-0.4, -0.2) is 15.9 Å². The second-order valence-corrected chi connectivity index (χ2v) is 3.46. The number of aromatic nitrogens is 1. The molecular weight excluding hydrogens is 230 g/mol. The summed E-state index contributed by atoms with van der Waals surface area (Å²) in [6.45, 7) is 1.91. The van der Waals surface area contributed by atoms with Crippen molar-refractivity contribution in [3.63, 3.8) is 0 Å². The van der Waals surface area contributed by atoms with Crippen LogP contribution in [-0.2, 0) is 0 Å². The molecule has 0 amide bonds. The second-order valence-electron chi connectivity index (χ2n) is 3.05. The Kier molecular flexibility index (Phi) is 4.09. The van der Waals surface area contributed by atoms with Crippen LogP contribution < -0.4 is 5.32 Å². The summed E-state index contributed by atoms with van der Waals surface area (Å²) < 4.78 is 0. The summed E-state index contributed by atoms with van der Waals surface area (Å²) in [5, 5.41) is 13.5. The van der Waals surface area contributed by atoms with E-state index in [1.54, 1.807) is 0 Å². The Morgan fingerprint density at radius 1 is 1.81 bits per heavy atom. The Morgan fingerprint density at radius 3 is 2.94 bits per heavy atom. The van der Waals surface area contributed by atoms with Crippen molar-refractivity contribution in [3.8, 4) is 12.3 Å². The lowest BCUT2D eigenvalue weighted by atomic mass is 10.2. The molecular formula is C10H10ClN3O2. The molecule has 0 saturated carbocycles. The lowest BCUT2D eigenvalue weighted by Gasteiger charge is -2.11. The molecule has 1 aromatic rings. The molecule has 0 saturated heterocycles. The quantitative estimate of drug-likeness (QED) is 0.498. The topological polar surface area (TPSA) is 68.1 Å². The fourth-order valence-electron chi connectivity index (χ4n) is 1.06. The van der Waals surface area contributed by atoms with Gasteiger partial charge in [0.05, 0.1) is 16.0 Å². The first kappa shape index (κ1) is 12.3. The number of nitro groups is 1. The van der Waals surface area contributed by atoms with Gasteiger partial charge in [-0.3, -0.25) is 10.1 Å². The maximum Gasteiger partial charge on any atom is 0.289 e. The summed E-state index contributed by atoms with van der Waals surface area (Å²) in [5.74, 6) is 2.88. The van der Waals surface area contributed by atoms with Crippen LogP contribution in [0.1, 0.15) is 13.3 Å². The van der Waals surface area contributed by atoms with Crippen molar-refractivity contribution in [2.24, 2.45) is 0 Å². The third-order valence-corrected chi connectivity index (χ3v) is 2.25. The van der Waals surface area contributed by atoms with Gasteiger partial charge in [0.1, 0.15) is 12.0 Å². The summed E-state index contributed by atoms with van der Waals surface area (Å²) in [4.78, 5) is 13.8. The van der Waals surface area contributed by atoms with Crippen molar-refractivity contribution in [1.29, 1.82) is 0 Å². The number of anilines is 1. The lowest BCUT2D eigenvalue weighted by molar-refractivity contribution is -0.385. The van der Waals surface area contributed by atoms with E-state index in [0.717, 1.165) is 6.20 Å². The third kappa shape index (κ3) is 2.84. The molecule has 16 heavy (non-hydrogen) atoms. The molecule has 0 aliphatic heterocycles. The number of nitrogens with zero attached hydrogens (tertiary/aromatic N) is 2. The van der Waals surface area contributed by atoms with E-state index < -0.39 is 4.92 Å². The standard InChI is InChI=1S/C10H10ClN3O2/c1-3-7(4-2)13-10-9(11)5-8(6-12-10)14(15)16/h1,5-7H,4H2,2H3,(H,12,13). The zero-order valence-electron chi connectivity index (χ0n) is 8.61. The summed E-state index contributed by atoms with van der Waals surface area (Å²) in [7, 11) is 0. The van der Waals surface area contributed by atoms with Crippen LogP contribution in [0.5, 0.6) is 0 Å². The fourth-order valence-corrected chi connectivity index (χ4v) is 1.28. The molecule has 0 aliphatic carbocycles. The van der Waals surface area contributed by atoms with E-state index in [0.29, 0.717) is 12.2 Å².